The summed E-state index contributed by atoms with van der Waals surface area (Å²) < 4.78 is 10.3. The van der Waals surface area contributed by atoms with Gasteiger partial charge in [0.25, 0.3) is 0 Å². The highest BCUT2D eigenvalue weighted by molar-refractivity contribution is 7.12. The van der Waals surface area contributed by atoms with Crippen molar-refractivity contribution in [2.45, 2.75) is 13.0 Å². The van der Waals surface area contributed by atoms with Crippen LogP contribution in [0.15, 0.2) is 12.1 Å². The molecule has 4 nitrogen and oxygen atoms in total. The van der Waals surface area contributed by atoms with E-state index >= 15 is 0 Å². The summed E-state index contributed by atoms with van der Waals surface area (Å²) in [6.45, 7) is 5.91. The lowest BCUT2D eigenvalue weighted by Crippen LogP contribution is -2.37. The van der Waals surface area contributed by atoms with Crippen LogP contribution >= 0.6 is 11.3 Å². The molecule has 104 valence electrons. The maximum atomic E-state index is 5.94. The van der Waals surface area contributed by atoms with Crippen molar-refractivity contribution in [1.29, 1.82) is 0 Å². The van der Waals surface area contributed by atoms with E-state index in [4.69, 9.17) is 15.2 Å². The van der Waals surface area contributed by atoms with Crippen molar-refractivity contribution in [2.75, 3.05) is 47.1 Å². The van der Waals surface area contributed by atoms with E-state index < -0.39 is 0 Å². The Labute approximate surface area is 114 Å². The molecule has 0 bridgehead atoms. The van der Waals surface area contributed by atoms with Gasteiger partial charge in [-0.2, -0.15) is 0 Å². The van der Waals surface area contributed by atoms with Gasteiger partial charge in [0.15, 0.2) is 0 Å². The van der Waals surface area contributed by atoms with E-state index in [2.05, 4.69) is 24.0 Å². The average molecular weight is 272 g/mol. The molecule has 1 aromatic rings. The SMILES string of the molecule is COCCN(CCOC)C(CN)c1ccc(C)s1. The molecule has 1 aromatic heterocycles. The molecule has 1 rings (SSSR count). The Morgan fingerprint density at radius 2 is 1.83 bits per heavy atom. The van der Waals surface area contributed by atoms with Gasteiger partial charge >= 0.3 is 0 Å². The van der Waals surface area contributed by atoms with Crippen molar-refractivity contribution >= 4 is 11.3 Å². The lowest BCUT2D eigenvalue weighted by molar-refractivity contribution is 0.0901. The second-order valence-corrected chi connectivity index (χ2v) is 5.54. The van der Waals surface area contributed by atoms with Crippen LogP contribution in [0.4, 0.5) is 0 Å². The Kier molecular flexibility index (Phi) is 7.46. The van der Waals surface area contributed by atoms with E-state index in [9.17, 15) is 0 Å². The van der Waals surface area contributed by atoms with Crippen LogP contribution in [0.2, 0.25) is 0 Å². The maximum Gasteiger partial charge on any atom is 0.0589 e. The van der Waals surface area contributed by atoms with Gasteiger partial charge in [-0.1, -0.05) is 0 Å². The molecular formula is C13H24N2O2S. The molecular weight excluding hydrogens is 248 g/mol. The van der Waals surface area contributed by atoms with Crippen molar-refractivity contribution in [3.63, 3.8) is 0 Å². The number of rotatable bonds is 9. The van der Waals surface area contributed by atoms with Crippen molar-refractivity contribution in [3.05, 3.63) is 21.9 Å². The normalized spacial score (nSPS) is 13.2. The molecule has 1 atom stereocenters. The van der Waals surface area contributed by atoms with Crippen LogP contribution in [0.1, 0.15) is 15.8 Å². The Bertz CT molecular complexity index is 323. The molecule has 1 unspecified atom stereocenters. The van der Waals surface area contributed by atoms with Gasteiger partial charge in [0.2, 0.25) is 0 Å². The number of methoxy groups -OCH3 is 2. The molecule has 5 heteroatoms. The molecule has 0 saturated carbocycles. The number of hydrogen-bond donors (Lipinski definition) is 1. The van der Waals surface area contributed by atoms with Gasteiger partial charge in [0, 0.05) is 43.6 Å². The van der Waals surface area contributed by atoms with E-state index in [-0.39, 0.29) is 6.04 Å². The Morgan fingerprint density at radius 1 is 1.22 bits per heavy atom. The maximum absolute atomic E-state index is 5.94. The average Bonchev–Trinajstić information content (AvgIpc) is 2.79. The van der Waals surface area contributed by atoms with Crippen LogP contribution in [-0.2, 0) is 9.47 Å². The monoisotopic (exact) mass is 272 g/mol. The quantitative estimate of drug-likeness (QED) is 0.742. The molecule has 0 saturated heterocycles. The van der Waals surface area contributed by atoms with Gasteiger partial charge in [-0.3, -0.25) is 4.90 Å². The van der Waals surface area contributed by atoms with E-state index in [0.29, 0.717) is 19.8 Å². The van der Waals surface area contributed by atoms with E-state index in [1.54, 1.807) is 14.2 Å². The third-order valence-electron chi connectivity index (χ3n) is 2.92. The van der Waals surface area contributed by atoms with Crippen LogP contribution in [0.25, 0.3) is 0 Å². The number of nitrogens with zero attached hydrogens (tertiary/aromatic N) is 1. The smallest absolute Gasteiger partial charge is 0.0589 e. The zero-order valence-corrected chi connectivity index (χ0v) is 12.3. The zero-order chi connectivity index (χ0) is 13.4. The fourth-order valence-corrected chi connectivity index (χ4v) is 2.94. The Hall–Kier alpha value is -0.460. The Balaban J connectivity index is 2.71. The molecule has 0 amide bonds. The van der Waals surface area contributed by atoms with Crippen LogP contribution in [0.5, 0.6) is 0 Å². The molecule has 0 fully saturated rings. The topological polar surface area (TPSA) is 47.7 Å². The van der Waals surface area contributed by atoms with E-state index in [1.165, 1.54) is 9.75 Å². The fraction of sp³-hybridized carbons (Fsp3) is 0.692. The largest absolute Gasteiger partial charge is 0.383 e. The molecule has 0 spiro atoms. The highest BCUT2D eigenvalue weighted by Crippen LogP contribution is 2.26. The first-order valence-electron chi connectivity index (χ1n) is 6.21. The van der Waals surface area contributed by atoms with E-state index in [0.717, 1.165) is 13.1 Å². The summed E-state index contributed by atoms with van der Waals surface area (Å²) >= 11 is 1.81. The molecule has 0 aliphatic carbocycles. The minimum absolute atomic E-state index is 0.258. The lowest BCUT2D eigenvalue weighted by Gasteiger charge is -2.29. The van der Waals surface area contributed by atoms with Crippen LogP contribution in [0, 0.1) is 6.92 Å². The number of hydrogen-bond acceptors (Lipinski definition) is 5. The Morgan fingerprint density at radius 3 is 2.22 bits per heavy atom. The molecule has 18 heavy (non-hydrogen) atoms. The van der Waals surface area contributed by atoms with Gasteiger partial charge in [-0.25, -0.2) is 0 Å². The molecule has 1 heterocycles. The standard InChI is InChI=1S/C13H24N2O2S/c1-11-4-5-13(18-11)12(10-14)15(6-8-16-2)7-9-17-3/h4-5,12H,6-10,14H2,1-3H3. The van der Waals surface area contributed by atoms with Crippen molar-refractivity contribution in [2.24, 2.45) is 5.73 Å². The third-order valence-corrected chi connectivity index (χ3v) is 4.02. The predicted octanol–water partition coefficient (Wildman–Crippen LogP) is 1.65. The number of ether oxygens (including phenoxy) is 2. The summed E-state index contributed by atoms with van der Waals surface area (Å²) in [5.74, 6) is 0. The first kappa shape index (κ1) is 15.6. The highest BCUT2D eigenvalue weighted by atomic mass is 32.1. The fourth-order valence-electron chi connectivity index (χ4n) is 1.92. The zero-order valence-electron chi connectivity index (χ0n) is 11.5. The summed E-state index contributed by atoms with van der Waals surface area (Å²) in [6, 6.07) is 4.58. The molecule has 0 aliphatic rings. The van der Waals surface area contributed by atoms with Crippen LogP contribution in [-0.4, -0.2) is 52.0 Å². The first-order valence-corrected chi connectivity index (χ1v) is 7.03. The minimum atomic E-state index is 0.258. The van der Waals surface area contributed by atoms with E-state index in [1.807, 2.05) is 11.3 Å². The molecule has 2 N–H and O–H groups in total. The van der Waals surface area contributed by atoms with Crippen LogP contribution in [0.3, 0.4) is 0 Å². The number of aryl methyl sites for hydroxylation is 1. The number of nitrogens with two attached hydrogens (primary N) is 1. The first-order chi connectivity index (χ1) is 8.72. The highest BCUT2D eigenvalue weighted by Gasteiger charge is 2.19. The minimum Gasteiger partial charge on any atom is -0.383 e. The summed E-state index contributed by atoms with van der Waals surface area (Å²) in [4.78, 5) is 4.97. The van der Waals surface area contributed by atoms with Gasteiger partial charge in [-0.05, 0) is 19.1 Å². The van der Waals surface area contributed by atoms with Gasteiger partial charge in [0.1, 0.15) is 0 Å². The summed E-state index contributed by atoms with van der Waals surface area (Å²) in [7, 11) is 3.45. The van der Waals surface area contributed by atoms with Gasteiger partial charge in [0.05, 0.1) is 19.3 Å². The van der Waals surface area contributed by atoms with Crippen LogP contribution < -0.4 is 5.73 Å². The summed E-state index contributed by atoms with van der Waals surface area (Å²) in [5.41, 5.74) is 5.94. The molecule has 0 aliphatic heterocycles. The molecule has 0 aromatic carbocycles. The van der Waals surface area contributed by atoms with Gasteiger partial charge in [-0.15, -0.1) is 11.3 Å². The molecule has 0 radical (unpaired) electrons. The second-order valence-electron chi connectivity index (χ2n) is 4.22. The second kappa shape index (κ2) is 8.61. The predicted molar refractivity (Wildman–Crippen MR) is 76.2 cm³/mol. The van der Waals surface area contributed by atoms with Crippen molar-refractivity contribution in [1.82, 2.24) is 4.90 Å². The van der Waals surface area contributed by atoms with Crippen molar-refractivity contribution < 1.29 is 9.47 Å². The number of thiophene rings is 1. The third kappa shape index (κ3) is 4.66. The lowest BCUT2D eigenvalue weighted by atomic mass is 10.2. The van der Waals surface area contributed by atoms with Gasteiger partial charge < -0.3 is 15.2 Å². The summed E-state index contributed by atoms with van der Waals surface area (Å²) in [6.07, 6.45) is 0. The van der Waals surface area contributed by atoms with Crippen molar-refractivity contribution in [3.8, 4) is 0 Å². The summed E-state index contributed by atoms with van der Waals surface area (Å²) in [5, 5.41) is 0.